The van der Waals surface area contributed by atoms with Gasteiger partial charge in [-0.2, -0.15) is 0 Å². The zero-order chi connectivity index (χ0) is 24.2. The van der Waals surface area contributed by atoms with Gasteiger partial charge < -0.3 is 14.2 Å². The molecule has 0 N–H and O–H groups in total. The third-order valence-corrected chi connectivity index (χ3v) is 7.18. The number of esters is 1. The number of hydrogen-bond donors (Lipinski definition) is 0. The van der Waals surface area contributed by atoms with Gasteiger partial charge in [0.25, 0.3) is 5.91 Å². The number of ketones is 1. The maximum absolute atomic E-state index is 13.2. The van der Waals surface area contributed by atoms with E-state index in [0.717, 1.165) is 17.0 Å². The zero-order valence-electron chi connectivity index (χ0n) is 19.3. The zero-order valence-corrected chi connectivity index (χ0v) is 20.1. The Balaban J connectivity index is 1.30. The molecule has 0 bridgehead atoms. The molecule has 4 rings (SSSR count). The van der Waals surface area contributed by atoms with Gasteiger partial charge in [0.15, 0.2) is 6.61 Å². The van der Waals surface area contributed by atoms with E-state index in [-0.39, 0.29) is 30.0 Å². The van der Waals surface area contributed by atoms with Crippen LogP contribution in [0.25, 0.3) is 0 Å². The summed E-state index contributed by atoms with van der Waals surface area (Å²) >= 11 is 1.41. The van der Waals surface area contributed by atoms with E-state index < -0.39 is 5.97 Å². The molecule has 2 aromatic heterocycles. The number of hydrogen-bond acceptors (Lipinski definition) is 5. The molecule has 0 saturated carbocycles. The molecule has 1 aliphatic heterocycles. The fourth-order valence-corrected chi connectivity index (χ4v) is 5.00. The second kappa shape index (κ2) is 10.3. The number of benzene rings is 1. The maximum Gasteiger partial charge on any atom is 0.309 e. The van der Waals surface area contributed by atoms with Gasteiger partial charge in [0, 0.05) is 36.6 Å². The highest BCUT2D eigenvalue weighted by molar-refractivity contribution is 7.12. The summed E-state index contributed by atoms with van der Waals surface area (Å²) in [6.45, 7) is 4.96. The Morgan fingerprint density at radius 3 is 2.44 bits per heavy atom. The number of likely N-dealkylation sites (tertiary alicyclic amines) is 1. The van der Waals surface area contributed by atoms with E-state index in [1.807, 2.05) is 29.9 Å². The SMILES string of the molecule is Cc1cc(C(=O)COC(=O)C2CCN(C(=O)c3cccs3)CC2)c(C)n1Cc1ccc(F)cc1. The summed E-state index contributed by atoms with van der Waals surface area (Å²) in [6, 6.07) is 11.7. The first-order chi connectivity index (χ1) is 16.3. The molecule has 0 atom stereocenters. The number of piperidine rings is 1. The number of ether oxygens (including phenoxy) is 1. The quantitative estimate of drug-likeness (QED) is 0.364. The summed E-state index contributed by atoms with van der Waals surface area (Å²) in [5, 5.41) is 1.87. The molecule has 1 amide bonds. The van der Waals surface area contributed by atoms with Gasteiger partial charge in [-0.3, -0.25) is 14.4 Å². The van der Waals surface area contributed by atoms with Crippen LogP contribution in [-0.4, -0.2) is 46.8 Å². The molecule has 0 radical (unpaired) electrons. The lowest BCUT2D eigenvalue weighted by atomic mass is 9.97. The van der Waals surface area contributed by atoms with E-state index in [1.54, 1.807) is 29.2 Å². The maximum atomic E-state index is 13.2. The summed E-state index contributed by atoms with van der Waals surface area (Å²) in [5.74, 6) is -1.25. The highest BCUT2D eigenvalue weighted by atomic mass is 32.1. The van der Waals surface area contributed by atoms with Crippen LogP contribution in [0.15, 0.2) is 47.8 Å². The number of rotatable bonds is 7. The van der Waals surface area contributed by atoms with Crippen LogP contribution in [0.1, 0.15) is 49.8 Å². The average Bonchev–Trinajstić information content (AvgIpc) is 3.48. The minimum Gasteiger partial charge on any atom is -0.457 e. The number of Topliss-reactive ketones (excluding diaryl/α,β-unsaturated/α-hetero) is 1. The first kappa shape index (κ1) is 23.9. The van der Waals surface area contributed by atoms with Crippen molar-refractivity contribution in [3.05, 3.63) is 81.1 Å². The summed E-state index contributed by atoms with van der Waals surface area (Å²) in [5.41, 5.74) is 3.13. The summed E-state index contributed by atoms with van der Waals surface area (Å²) in [7, 11) is 0. The average molecular weight is 483 g/mol. The molecule has 1 saturated heterocycles. The Hall–Kier alpha value is -3.26. The van der Waals surface area contributed by atoms with E-state index in [9.17, 15) is 18.8 Å². The Bertz CT molecular complexity index is 1180. The first-order valence-corrected chi connectivity index (χ1v) is 12.1. The normalized spacial score (nSPS) is 14.3. The molecule has 0 unspecified atom stereocenters. The monoisotopic (exact) mass is 482 g/mol. The van der Waals surface area contributed by atoms with Crippen LogP contribution < -0.4 is 0 Å². The minimum atomic E-state index is -0.392. The second-order valence-corrected chi connectivity index (χ2v) is 9.52. The molecule has 0 aliphatic carbocycles. The van der Waals surface area contributed by atoms with E-state index in [4.69, 9.17) is 4.74 Å². The van der Waals surface area contributed by atoms with Crippen molar-refractivity contribution in [2.45, 2.75) is 33.2 Å². The molecule has 3 heterocycles. The van der Waals surface area contributed by atoms with Gasteiger partial charge in [0.2, 0.25) is 5.78 Å². The predicted molar refractivity (Wildman–Crippen MR) is 128 cm³/mol. The third-order valence-electron chi connectivity index (χ3n) is 6.32. The van der Waals surface area contributed by atoms with Gasteiger partial charge >= 0.3 is 5.97 Å². The number of amides is 1. The predicted octanol–water partition coefficient (Wildman–Crippen LogP) is 4.63. The number of aromatic nitrogens is 1. The van der Waals surface area contributed by atoms with Gasteiger partial charge in [-0.25, -0.2) is 4.39 Å². The van der Waals surface area contributed by atoms with Crippen molar-refractivity contribution < 1.29 is 23.5 Å². The molecule has 0 spiro atoms. The molecule has 1 aliphatic rings. The Labute approximate surface area is 202 Å². The van der Waals surface area contributed by atoms with Gasteiger partial charge in [0.05, 0.1) is 10.8 Å². The molecule has 1 fully saturated rings. The minimum absolute atomic E-state index is 0.00649. The number of carbonyl (C=O) groups is 3. The smallest absolute Gasteiger partial charge is 0.309 e. The van der Waals surface area contributed by atoms with Gasteiger partial charge in [-0.1, -0.05) is 18.2 Å². The van der Waals surface area contributed by atoms with Crippen LogP contribution in [0.2, 0.25) is 0 Å². The van der Waals surface area contributed by atoms with Gasteiger partial charge in [0.1, 0.15) is 5.82 Å². The van der Waals surface area contributed by atoms with Crippen LogP contribution >= 0.6 is 11.3 Å². The van der Waals surface area contributed by atoms with Crippen molar-refractivity contribution in [1.29, 1.82) is 0 Å². The van der Waals surface area contributed by atoms with Crippen molar-refractivity contribution >= 4 is 29.0 Å². The molecule has 1 aromatic carbocycles. The Kier molecular flexibility index (Phi) is 7.26. The highest BCUT2D eigenvalue weighted by Crippen LogP contribution is 2.23. The van der Waals surface area contributed by atoms with E-state index in [0.29, 0.717) is 42.9 Å². The molecule has 6 nitrogen and oxygen atoms in total. The second-order valence-electron chi connectivity index (χ2n) is 8.57. The van der Waals surface area contributed by atoms with Crippen molar-refractivity contribution in [1.82, 2.24) is 9.47 Å². The van der Waals surface area contributed by atoms with Crippen molar-refractivity contribution in [3.63, 3.8) is 0 Å². The Morgan fingerprint density at radius 2 is 1.79 bits per heavy atom. The van der Waals surface area contributed by atoms with E-state index in [2.05, 4.69) is 0 Å². The number of thiophene rings is 1. The largest absolute Gasteiger partial charge is 0.457 e. The number of halogens is 1. The molecular weight excluding hydrogens is 455 g/mol. The lowest BCUT2D eigenvalue weighted by Crippen LogP contribution is -2.40. The number of carbonyl (C=O) groups excluding carboxylic acids is 3. The highest BCUT2D eigenvalue weighted by Gasteiger charge is 2.29. The van der Waals surface area contributed by atoms with Crippen LogP contribution in [0.5, 0.6) is 0 Å². The van der Waals surface area contributed by atoms with Crippen molar-refractivity contribution in [3.8, 4) is 0 Å². The Morgan fingerprint density at radius 1 is 1.09 bits per heavy atom. The van der Waals surface area contributed by atoms with E-state index in [1.165, 1.54) is 23.5 Å². The molecular formula is C26H27FN2O4S. The van der Waals surface area contributed by atoms with Crippen LogP contribution in [-0.2, 0) is 16.1 Å². The van der Waals surface area contributed by atoms with Crippen LogP contribution in [0, 0.1) is 25.6 Å². The topological polar surface area (TPSA) is 68.6 Å². The fourth-order valence-electron chi connectivity index (χ4n) is 4.31. The summed E-state index contributed by atoms with van der Waals surface area (Å²) in [4.78, 5) is 40.3. The third kappa shape index (κ3) is 5.28. The lowest BCUT2D eigenvalue weighted by Gasteiger charge is -2.30. The van der Waals surface area contributed by atoms with Gasteiger partial charge in [-0.05, 0) is 61.9 Å². The lowest BCUT2D eigenvalue weighted by molar-refractivity contribution is -0.148. The number of aryl methyl sites for hydroxylation is 1. The number of nitrogens with zero attached hydrogens (tertiary/aromatic N) is 2. The molecule has 3 aromatic rings. The summed E-state index contributed by atoms with van der Waals surface area (Å²) in [6.07, 6.45) is 1.05. The molecule has 34 heavy (non-hydrogen) atoms. The first-order valence-electron chi connectivity index (χ1n) is 11.3. The standard InChI is InChI=1S/C26H27FN2O4S/c1-17-14-22(18(2)29(17)15-19-5-7-21(27)8-6-19)23(30)16-33-26(32)20-9-11-28(12-10-20)25(31)24-4-3-13-34-24/h3-8,13-14,20H,9-12,15-16H2,1-2H3. The van der Waals surface area contributed by atoms with Crippen molar-refractivity contribution in [2.24, 2.45) is 5.92 Å². The molecule has 8 heteroatoms. The summed E-state index contributed by atoms with van der Waals surface area (Å²) < 4.78 is 20.5. The van der Waals surface area contributed by atoms with E-state index >= 15 is 0 Å². The van der Waals surface area contributed by atoms with Crippen LogP contribution in [0.3, 0.4) is 0 Å². The fraction of sp³-hybridized carbons (Fsp3) is 0.346. The van der Waals surface area contributed by atoms with Crippen LogP contribution in [0.4, 0.5) is 4.39 Å². The van der Waals surface area contributed by atoms with Gasteiger partial charge in [-0.15, -0.1) is 11.3 Å². The molecule has 178 valence electrons. The van der Waals surface area contributed by atoms with Crippen molar-refractivity contribution in [2.75, 3.05) is 19.7 Å².